The smallest absolute Gasteiger partial charge is 0.130 e. The molecule has 6 aromatic carbocycles. The van der Waals surface area contributed by atoms with Crippen LogP contribution in [0.25, 0.3) is 11.1 Å². The van der Waals surface area contributed by atoms with Crippen molar-refractivity contribution in [2.75, 3.05) is 9.80 Å². The van der Waals surface area contributed by atoms with E-state index >= 15 is 0 Å². The number of ether oxygens (including phenoxy) is 2. The van der Waals surface area contributed by atoms with Gasteiger partial charge in [0, 0.05) is 45.0 Å². The number of hydrogen-bond acceptors (Lipinski definition) is 4. The second kappa shape index (κ2) is 14.3. The zero-order valence-electron chi connectivity index (χ0n) is 38.4. The Kier molecular flexibility index (Phi) is 9.89. The number of anilines is 4. The van der Waals surface area contributed by atoms with Crippen molar-refractivity contribution in [2.45, 2.75) is 87.9 Å². The summed E-state index contributed by atoms with van der Waals surface area (Å²) >= 11 is 0. The first-order valence-corrected chi connectivity index (χ1v) is 21.7. The predicted molar refractivity (Wildman–Crippen MR) is 270 cm³/mol. The monoisotopic (exact) mass is 785 g/mol. The van der Waals surface area contributed by atoms with Crippen molar-refractivity contribution < 1.29 is 9.47 Å². The van der Waals surface area contributed by atoms with E-state index in [4.69, 9.17) is 9.47 Å². The Labute approximate surface area is 364 Å². The van der Waals surface area contributed by atoms with E-state index in [0.717, 1.165) is 45.1 Å². The molecule has 60 heavy (non-hydrogen) atoms. The molecule has 0 N–H and O–H groups in total. The third kappa shape index (κ3) is 6.79. The first-order chi connectivity index (χ1) is 28.1. The number of fused-ring (bicyclic) bond motifs is 4. The molecule has 0 atom stereocenters. The molecule has 0 saturated heterocycles. The number of para-hydroxylation sites is 4. The fourth-order valence-corrected chi connectivity index (χ4v) is 10.3. The lowest BCUT2D eigenvalue weighted by Gasteiger charge is -2.49. The van der Waals surface area contributed by atoms with Crippen molar-refractivity contribution in [3.63, 3.8) is 0 Å². The van der Waals surface area contributed by atoms with E-state index in [9.17, 15) is 0 Å². The molecule has 2 heterocycles. The topological polar surface area (TPSA) is 24.9 Å². The van der Waals surface area contributed by atoms with Crippen LogP contribution >= 0.6 is 0 Å². The standard InChI is InChI=1S/C50H58B6N2O2/c1-45(2)35-23-11-15-29-41(35)59-47(5,6)33-21-9-13-25-37(33)57(45)39-27-17-19-31(43(39)49(51,52)53)32-20-18-28-40(44(32)50(54,55)56)58-38-26-14-10-22-34(38)48(7,8)60-42-30-16-12-24-36(42)46(58,3)4/h9-30H,51-56H2,1-8H3. The van der Waals surface area contributed by atoms with Gasteiger partial charge in [-0.3, -0.25) is 0 Å². The molecule has 0 bridgehead atoms. The lowest BCUT2D eigenvalue weighted by atomic mass is 9.37. The van der Waals surface area contributed by atoms with Gasteiger partial charge in [-0.1, -0.05) is 107 Å². The molecular weight excluding hydrogens is 725 g/mol. The molecule has 0 spiro atoms. The molecular formula is C50H58B6N2O2. The van der Waals surface area contributed by atoms with Crippen LogP contribution < -0.4 is 19.3 Å². The van der Waals surface area contributed by atoms with Crippen LogP contribution in [-0.2, 0) is 32.5 Å². The van der Waals surface area contributed by atoms with Gasteiger partial charge in [-0.05, 0) is 114 Å². The summed E-state index contributed by atoms with van der Waals surface area (Å²) in [7, 11) is 14.2. The highest BCUT2D eigenvalue weighted by atomic mass is 16.5. The third-order valence-corrected chi connectivity index (χ3v) is 12.9. The van der Waals surface area contributed by atoms with Crippen LogP contribution in [0.2, 0.25) is 0 Å². The zero-order valence-corrected chi connectivity index (χ0v) is 38.4. The summed E-state index contributed by atoms with van der Waals surface area (Å²) in [6, 6.07) is 48.8. The van der Waals surface area contributed by atoms with E-state index < -0.39 is 22.3 Å². The average molecular weight is 784 g/mol. The van der Waals surface area contributed by atoms with Crippen molar-refractivity contribution in [1.29, 1.82) is 0 Å². The van der Waals surface area contributed by atoms with Crippen LogP contribution in [0.1, 0.15) is 88.8 Å². The third-order valence-electron chi connectivity index (χ3n) is 12.9. The first kappa shape index (κ1) is 41.6. The van der Waals surface area contributed by atoms with Crippen molar-refractivity contribution >= 4 is 69.8 Å². The van der Waals surface area contributed by atoms with Gasteiger partial charge in [-0.15, -0.1) is 0 Å². The molecule has 0 aromatic heterocycles. The van der Waals surface area contributed by atoms with Gasteiger partial charge in [-0.25, -0.2) is 0 Å². The van der Waals surface area contributed by atoms with E-state index in [1.807, 2.05) is 0 Å². The molecule has 298 valence electrons. The van der Waals surface area contributed by atoms with Gasteiger partial charge >= 0.3 is 0 Å². The molecule has 6 aromatic rings. The van der Waals surface area contributed by atoms with Gasteiger partial charge in [0.05, 0.1) is 58.2 Å². The highest BCUT2D eigenvalue weighted by molar-refractivity contribution is 6.60. The largest absolute Gasteiger partial charge is 0.483 e. The fraction of sp³-hybridized carbons (Fsp3) is 0.280. The summed E-state index contributed by atoms with van der Waals surface area (Å²) in [5, 5.41) is -0.495. The maximum absolute atomic E-state index is 6.94. The van der Waals surface area contributed by atoms with E-state index in [0.29, 0.717) is 0 Å². The van der Waals surface area contributed by atoms with Crippen molar-refractivity contribution in [3.8, 4) is 22.6 Å². The number of nitrogens with zero attached hydrogens (tertiary/aromatic N) is 2. The van der Waals surface area contributed by atoms with Crippen LogP contribution in [0.3, 0.4) is 0 Å². The van der Waals surface area contributed by atoms with Crippen molar-refractivity contribution in [2.24, 2.45) is 0 Å². The fourth-order valence-electron chi connectivity index (χ4n) is 10.3. The second-order valence-electron chi connectivity index (χ2n) is 20.9. The van der Waals surface area contributed by atoms with E-state index in [2.05, 4.69) is 246 Å². The SMILES string of the molecule is BC(B)(B)c1c(-c2cccc(N3c4ccccc4C(C)(C)Oc4ccccc4C3(C)C)c2C(B)(B)B)cccc1N1c2ccccc2C(C)(C)Oc2ccccc2C1(C)C. The average Bonchev–Trinajstić information content (AvgIpc) is 3.16. The summed E-state index contributed by atoms with van der Waals surface area (Å²) < 4.78 is 13.9. The van der Waals surface area contributed by atoms with Gasteiger partial charge < -0.3 is 19.3 Å². The Morgan fingerprint density at radius 2 is 0.667 bits per heavy atom. The molecule has 0 aliphatic carbocycles. The summed E-state index contributed by atoms with van der Waals surface area (Å²) in [4.78, 5) is 5.21. The predicted octanol–water partition coefficient (Wildman–Crippen LogP) is 6.77. The Morgan fingerprint density at radius 3 is 1.02 bits per heavy atom. The summed E-state index contributed by atoms with van der Waals surface area (Å²) in [6.45, 7) is 18.1. The molecule has 0 amide bonds. The Morgan fingerprint density at radius 1 is 0.367 bits per heavy atom. The molecule has 4 nitrogen and oxygen atoms in total. The number of hydrogen-bond donors (Lipinski definition) is 0. The second-order valence-corrected chi connectivity index (χ2v) is 20.9. The van der Waals surface area contributed by atoms with Crippen LogP contribution in [0.4, 0.5) is 22.7 Å². The Bertz CT molecular complexity index is 2440. The minimum atomic E-state index is -0.581. The van der Waals surface area contributed by atoms with Crippen molar-refractivity contribution in [1.82, 2.24) is 0 Å². The summed E-state index contributed by atoms with van der Waals surface area (Å²) in [5.74, 6) is 1.82. The minimum absolute atomic E-state index is 0.247. The highest BCUT2D eigenvalue weighted by Crippen LogP contribution is 2.55. The Balaban J connectivity index is 1.46. The molecule has 0 fully saturated rings. The van der Waals surface area contributed by atoms with E-state index in [1.54, 1.807) is 0 Å². The van der Waals surface area contributed by atoms with Gasteiger partial charge in [-0.2, -0.15) is 0 Å². The van der Waals surface area contributed by atoms with E-state index in [-0.39, 0.29) is 10.2 Å². The van der Waals surface area contributed by atoms with Crippen molar-refractivity contribution in [3.05, 3.63) is 167 Å². The molecule has 10 heteroatoms. The molecule has 8 rings (SSSR count). The number of rotatable bonds is 5. The molecule has 2 aliphatic rings. The zero-order chi connectivity index (χ0) is 43.2. The summed E-state index contributed by atoms with van der Waals surface area (Å²) in [6.07, 6.45) is 0. The first-order valence-electron chi connectivity index (χ1n) is 21.7. The van der Waals surface area contributed by atoms with Gasteiger partial charge in [0.2, 0.25) is 0 Å². The molecule has 0 radical (unpaired) electrons. The van der Waals surface area contributed by atoms with Crippen LogP contribution in [-0.4, -0.2) is 47.1 Å². The summed E-state index contributed by atoms with van der Waals surface area (Å²) in [5.41, 5.74) is 12.3. The maximum Gasteiger partial charge on any atom is 0.130 e. The molecule has 2 aliphatic heterocycles. The van der Waals surface area contributed by atoms with Gasteiger partial charge in [0.25, 0.3) is 0 Å². The van der Waals surface area contributed by atoms with Gasteiger partial charge in [0.15, 0.2) is 0 Å². The number of benzene rings is 6. The maximum atomic E-state index is 6.94. The minimum Gasteiger partial charge on any atom is -0.483 e. The van der Waals surface area contributed by atoms with Crippen LogP contribution in [0, 0.1) is 0 Å². The quantitative estimate of drug-likeness (QED) is 0.180. The normalized spacial score (nSPS) is 17.5. The Hall–Kier alpha value is -5.09. The lowest BCUT2D eigenvalue weighted by molar-refractivity contribution is 0.103. The van der Waals surface area contributed by atoms with Gasteiger partial charge in [0.1, 0.15) is 22.7 Å². The van der Waals surface area contributed by atoms with Crippen LogP contribution in [0.15, 0.2) is 133 Å². The lowest BCUT2D eigenvalue weighted by Crippen LogP contribution is -2.45. The molecule has 0 unspecified atom stereocenters. The molecule has 0 saturated carbocycles. The highest BCUT2D eigenvalue weighted by Gasteiger charge is 2.45. The van der Waals surface area contributed by atoms with E-state index in [1.165, 1.54) is 33.6 Å². The van der Waals surface area contributed by atoms with Crippen LogP contribution in [0.5, 0.6) is 11.5 Å².